The highest BCUT2D eigenvalue weighted by atomic mass is 16.2. The fourth-order valence-corrected chi connectivity index (χ4v) is 0.756. The van der Waals surface area contributed by atoms with Crippen molar-refractivity contribution in [2.24, 2.45) is 0 Å². The van der Waals surface area contributed by atoms with Gasteiger partial charge in [0.05, 0.1) is 0 Å². The Labute approximate surface area is 90.3 Å². The molecule has 0 bridgehead atoms. The van der Waals surface area contributed by atoms with E-state index in [-0.39, 0.29) is 11.9 Å². The van der Waals surface area contributed by atoms with Crippen molar-refractivity contribution in [1.29, 1.82) is 0 Å². The molecule has 0 saturated carbocycles. The predicted molar refractivity (Wildman–Crippen MR) is 59.3 cm³/mol. The van der Waals surface area contributed by atoms with Gasteiger partial charge in [0.25, 0.3) is 0 Å². The summed E-state index contributed by atoms with van der Waals surface area (Å²) in [4.78, 5) is 21.6. The quantitative estimate of drug-likeness (QED) is 0.589. The van der Waals surface area contributed by atoms with Crippen LogP contribution in [-0.2, 0) is 4.79 Å². The average Bonchev–Trinajstić information content (AvgIpc) is 2.20. The molecule has 0 aromatic rings. The molecular formula is C10H19N3O2. The van der Waals surface area contributed by atoms with Crippen LogP contribution in [0.2, 0.25) is 0 Å². The highest BCUT2D eigenvalue weighted by Gasteiger charge is 1.96. The van der Waals surface area contributed by atoms with Crippen LogP contribution in [0.25, 0.3) is 0 Å². The summed E-state index contributed by atoms with van der Waals surface area (Å²) in [5.74, 6) is -0.0982. The van der Waals surface area contributed by atoms with Crippen LogP contribution in [-0.4, -0.2) is 25.0 Å². The maximum Gasteiger partial charge on any atom is 0.318 e. The Hall–Kier alpha value is -1.52. The molecule has 0 aliphatic rings. The lowest BCUT2D eigenvalue weighted by Gasteiger charge is -2.05. The SMILES string of the molecule is CC/C(C)=C/NC(=O)NCCNC(C)=O. The molecule has 0 fully saturated rings. The average molecular weight is 213 g/mol. The van der Waals surface area contributed by atoms with Crippen LogP contribution < -0.4 is 16.0 Å². The summed E-state index contributed by atoms with van der Waals surface area (Å²) < 4.78 is 0. The molecule has 5 heteroatoms. The normalized spacial score (nSPS) is 10.7. The monoisotopic (exact) mass is 213 g/mol. The van der Waals surface area contributed by atoms with E-state index < -0.39 is 0 Å². The van der Waals surface area contributed by atoms with Gasteiger partial charge in [0, 0.05) is 26.2 Å². The van der Waals surface area contributed by atoms with Gasteiger partial charge in [-0.05, 0) is 13.3 Å². The van der Waals surface area contributed by atoms with Gasteiger partial charge >= 0.3 is 6.03 Å². The van der Waals surface area contributed by atoms with Gasteiger partial charge in [0.15, 0.2) is 0 Å². The Morgan fingerprint density at radius 1 is 1.13 bits per heavy atom. The molecule has 0 spiro atoms. The molecule has 3 amide bonds. The van der Waals surface area contributed by atoms with Gasteiger partial charge in [0.2, 0.25) is 5.91 Å². The number of nitrogens with one attached hydrogen (secondary N) is 3. The lowest BCUT2D eigenvalue weighted by molar-refractivity contribution is -0.118. The van der Waals surface area contributed by atoms with Crippen molar-refractivity contribution in [3.8, 4) is 0 Å². The number of urea groups is 1. The molecule has 86 valence electrons. The molecule has 5 nitrogen and oxygen atoms in total. The number of amides is 3. The van der Waals surface area contributed by atoms with E-state index in [0.717, 1.165) is 12.0 Å². The molecule has 0 aromatic carbocycles. The minimum Gasteiger partial charge on any atom is -0.355 e. The summed E-state index contributed by atoms with van der Waals surface area (Å²) in [5.41, 5.74) is 1.10. The number of hydrogen-bond acceptors (Lipinski definition) is 2. The second kappa shape index (κ2) is 7.84. The van der Waals surface area contributed by atoms with Crippen molar-refractivity contribution in [2.45, 2.75) is 27.2 Å². The molecule has 15 heavy (non-hydrogen) atoms. The first-order chi connectivity index (χ1) is 7.06. The fourth-order valence-electron chi connectivity index (χ4n) is 0.756. The van der Waals surface area contributed by atoms with Crippen LogP contribution >= 0.6 is 0 Å². The number of hydrogen-bond donors (Lipinski definition) is 3. The Bertz CT molecular complexity index is 249. The Balaban J connectivity index is 3.54. The van der Waals surface area contributed by atoms with Crippen molar-refractivity contribution in [2.75, 3.05) is 13.1 Å². The second-order valence-corrected chi connectivity index (χ2v) is 3.23. The molecule has 0 aliphatic heterocycles. The van der Waals surface area contributed by atoms with E-state index in [1.54, 1.807) is 6.20 Å². The maximum atomic E-state index is 11.1. The van der Waals surface area contributed by atoms with Gasteiger partial charge < -0.3 is 16.0 Å². The summed E-state index contributed by atoms with van der Waals surface area (Å²) >= 11 is 0. The molecule has 0 radical (unpaired) electrons. The van der Waals surface area contributed by atoms with Gasteiger partial charge in [-0.25, -0.2) is 4.79 Å². The Kier molecular flexibility index (Phi) is 7.05. The number of carbonyl (C=O) groups is 2. The van der Waals surface area contributed by atoms with E-state index in [2.05, 4.69) is 16.0 Å². The summed E-state index contributed by atoms with van der Waals surface area (Å²) in [6.07, 6.45) is 2.58. The van der Waals surface area contributed by atoms with E-state index in [0.29, 0.717) is 13.1 Å². The Morgan fingerprint density at radius 3 is 2.27 bits per heavy atom. The predicted octanol–water partition coefficient (Wildman–Crippen LogP) is 0.736. The van der Waals surface area contributed by atoms with Gasteiger partial charge in [-0.2, -0.15) is 0 Å². The highest BCUT2D eigenvalue weighted by molar-refractivity contribution is 5.75. The minimum absolute atomic E-state index is 0.0982. The third-order valence-corrected chi connectivity index (χ3v) is 1.79. The molecule has 0 rings (SSSR count). The smallest absolute Gasteiger partial charge is 0.318 e. The molecule has 0 saturated heterocycles. The van der Waals surface area contributed by atoms with Crippen LogP contribution in [0, 0.1) is 0 Å². The molecule has 0 aliphatic carbocycles. The molecule has 0 atom stereocenters. The largest absolute Gasteiger partial charge is 0.355 e. The van der Waals surface area contributed by atoms with Crippen LogP contribution in [0.5, 0.6) is 0 Å². The second-order valence-electron chi connectivity index (χ2n) is 3.23. The van der Waals surface area contributed by atoms with E-state index >= 15 is 0 Å². The van der Waals surface area contributed by atoms with E-state index in [4.69, 9.17) is 0 Å². The van der Waals surface area contributed by atoms with Crippen LogP contribution in [0.3, 0.4) is 0 Å². The lowest BCUT2D eigenvalue weighted by Crippen LogP contribution is -2.38. The van der Waals surface area contributed by atoms with E-state index in [1.807, 2.05) is 13.8 Å². The summed E-state index contributed by atoms with van der Waals surface area (Å²) in [7, 11) is 0. The number of allylic oxidation sites excluding steroid dienone is 1. The summed E-state index contributed by atoms with van der Waals surface area (Å²) in [5, 5.41) is 7.78. The van der Waals surface area contributed by atoms with Gasteiger partial charge in [-0.15, -0.1) is 0 Å². The first kappa shape index (κ1) is 13.5. The van der Waals surface area contributed by atoms with Gasteiger partial charge in [-0.3, -0.25) is 4.79 Å². The zero-order valence-corrected chi connectivity index (χ0v) is 9.52. The fraction of sp³-hybridized carbons (Fsp3) is 0.600. The molecule has 0 heterocycles. The first-order valence-electron chi connectivity index (χ1n) is 5.00. The topological polar surface area (TPSA) is 70.2 Å². The van der Waals surface area contributed by atoms with Crippen LogP contribution in [0.1, 0.15) is 27.2 Å². The maximum absolute atomic E-state index is 11.1. The van der Waals surface area contributed by atoms with Gasteiger partial charge in [-0.1, -0.05) is 12.5 Å². The van der Waals surface area contributed by atoms with Crippen LogP contribution in [0.15, 0.2) is 11.8 Å². The number of rotatable bonds is 5. The van der Waals surface area contributed by atoms with E-state index in [1.165, 1.54) is 6.92 Å². The van der Waals surface area contributed by atoms with Crippen molar-refractivity contribution >= 4 is 11.9 Å². The lowest BCUT2D eigenvalue weighted by atomic mass is 10.3. The van der Waals surface area contributed by atoms with Crippen molar-refractivity contribution in [3.63, 3.8) is 0 Å². The Morgan fingerprint density at radius 2 is 1.73 bits per heavy atom. The van der Waals surface area contributed by atoms with Crippen molar-refractivity contribution in [1.82, 2.24) is 16.0 Å². The molecule has 0 aromatic heterocycles. The van der Waals surface area contributed by atoms with Crippen LogP contribution in [0.4, 0.5) is 4.79 Å². The molecule has 0 unspecified atom stereocenters. The summed E-state index contributed by atoms with van der Waals surface area (Å²) in [6.45, 7) is 6.26. The van der Waals surface area contributed by atoms with Crippen molar-refractivity contribution in [3.05, 3.63) is 11.8 Å². The summed E-state index contributed by atoms with van der Waals surface area (Å²) in [6, 6.07) is -0.256. The third-order valence-electron chi connectivity index (χ3n) is 1.79. The molecule has 3 N–H and O–H groups in total. The zero-order chi connectivity index (χ0) is 11.7. The standard InChI is InChI=1S/C10H19N3O2/c1-4-8(2)7-13-10(15)12-6-5-11-9(3)14/h7H,4-6H2,1-3H3,(H,11,14)(H2,12,13,15)/b8-7+. The minimum atomic E-state index is -0.256. The third kappa shape index (κ3) is 8.80. The first-order valence-corrected chi connectivity index (χ1v) is 5.00. The van der Waals surface area contributed by atoms with Crippen molar-refractivity contribution < 1.29 is 9.59 Å². The zero-order valence-electron chi connectivity index (χ0n) is 9.52. The number of carbonyl (C=O) groups excluding carboxylic acids is 2. The van der Waals surface area contributed by atoms with E-state index in [9.17, 15) is 9.59 Å². The van der Waals surface area contributed by atoms with Gasteiger partial charge in [0.1, 0.15) is 0 Å². The molecular weight excluding hydrogens is 194 g/mol. The highest BCUT2D eigenvalue weighted by Crippen LogP contribution is 1.93.